The summed E-state index contributed by atoms with van der Waals surface area (Å²) in [5.74, 6) is -6.05. The fourth-order valence-electron chi connectivity index (χ4n) is 0.493. The Kier molecular flexibility index (Phi) is 18.6. The Bertz CT molecular complexity index is 364. The van der Waals surface area contributed by atoms with Crippen LogP contribution in [0.1, 0.15) is 12.8 Å². The van der Waals surface area contributed by atoms with Crippen LogP contribution in [0.3, 0.4) is 0 Å². The monoisotopic (exact) mass is 382 g/mol. The molecule has 8 nitrogen and oxygen atoms in total. The van der Waals surface area contributed by atoms with Gasteiger partial charge in [0.15, 0.2) is 0 Å². The van der Waals surface area contributed by atoms with Gasteiger partial charge in [0.05, 0.1) is 11.9 Å². The van der Waals surface area contributed by atoms with E-state index in [1.165, 1.54) is 0 Å². The quantitative estimate of drug-likeness (QED) is 0.325. The first-order valence-electron chi connectivity index (χ1n) is 4.25. The average molecular weight is 383 g/mol. The van der Waals surface area contributed by atoms with Crippen LogP contribution in [0.4, 0.5) is 0 Å². The molecular weight excluding hydrogens is 375 g/mol. The normalized spacial score (nSPS) is 7.60. The number of aliphatic carboxylic acids is 4. The molecule has 0 fully saturated rings. The van der Waals surface area contributed by atoms with Crippen LogP contribution >= 0.6 is 0 Å². The van der Waals surface area contributed by atoms with Crippen molar-refractivity contribution in [2.75, 3.05) is 0 Å². The van der Waals surface area contributed by atoms with Crippen molar-refractivity contribution < 1.29 is 73.7 Å². The molecule has 0 aromatic carbocycles. The van der Waals surface area contributed by atoms with Gasteiger partial charge < -0.3 is 39.6 Å². The smallest absolute Gasteiger partial charge is 0.550 e. The topological polar surface area (TPSA) is 161 Å². The minimum atomic E-state index is -1.56. The van der Waals surface area contributed by atoms with Crippen LogP contribution in [0.25, 0.3) is 0 Å². The Morgan fingerprint density at radius 2 is 0.850 bits per heavy atom. The van der Waals surface area contributed by atoms with E-state index in [0.29, 0.717) is 0 Å². The third kappa shape index (κ3) is 18.8. The number of hydrogen-bond donors (Lipinski definition) is 0. The minimum Gasteiger partial charge on any atom is -0.550 e. The number of carbonyl (C=O) groups excluding carboxylic acids is 4. The van der Waals surface area contributed by atoms with E-state index in [4.69, 9.17) is 0 Å². The van der Waals surface area contributed by atoms with Crippen molar-refractivity contribution in [3.63, 3.8) is 0 Å². The van der Waals surface area contributed by atoms with Crippen LogP contribution in [0, 0.1) is 0 Å². The SMILES string of the molecule is C=C(CC(=O)[O-])C(=O)[O-].C=C(CC(=O)[O-])C(=O)[O-].[Cu+2].[Cu+2]. The summed E-state index contributed by atoms with van der Waals surface area (Å²) >= 11 is 0. The Hall–Kier alpha value is -1.60. The van der Waals surface area contributed by atoms with E-state index in [1.54, 1.807) is 0 Å². The molecule has 0 rings (SSSR count). The van der Waals surface area contributed by atoms with Gasteiger partial charge in [-0.1, -0.05) is 13.2 Å². The zero-order valence-electron chi connectivity index (χ0n) is 9.70. The van der Waals surface area contributed by atoms with Crippen LogP contribution < -0.4 is 20.4 Å². The predicted molar refractivity (Wildman–Crippen MR) is 47.5 cm³/mol. The molecule has 0 aliphatic carbocycles. The summed E-state index contributed by atoms with van der Waals surface area (Å²) in [6.45, 7) is 5.82. The molecule has 0 saturated carbocycles. The molecule has 0 saturated heterocycles. The fraction of sp³-hybridized carbons (Fsp3) is 0.200. The molecule has 0 aromatic rings. The van der Waals surface area contributed by atoms with Crippen molar-refractivity contribution in [2.45, 2.75) is 12.8 Å². The van der Waals surface area contributed by atoms with Gasteiger partial charge in [-0.25, -0.2) is 0 Å². The second kappa shape index (κ2) is 13.8. The molecule has 0 atom stereocenters. The summed E-state index contributed by atoms with van der Waals surface area (Å²) in [6, 6.07) is 0. The summed E-state index contributed by atoms with van der Waals surface area (Å²) in [5.41, 5.74) is -0.954. The van der Waals surface area contributed by atoms with Gasteiger partial charge >= 0.3 is 34.1 Å². The molecule has 10 heteroatoms. The Balaban J connectivity index is -0.000000116. The molecule has 2 radical (unpaired) electrons. The maximum Gasteiger partial charge on any atom is 2.00 e. The molecule has 20 heavy (non-hydrogen) atoms. The zero-order chi connectivity index (χ0) is 14.9. The fourth-order valence-corrected chi connectivity index (χ4v) is 0.493. The van der Waals surface area contributed by atoms with Crippen LogP contribution in [0.5, 0.6) is 0 Å². The maximum atomic E-state index is 9.73. The van der Waals surface area contributed by atoms with E-state index in [2.05, 4.69) is 13.2 Å². The molecule has 0 bridgehead atoms. The van der Waals surface area contributed by atoms with E-state index >= 15 is 0 Å². The zero-order valence-corrected chi connectivity index (χ0v) is 11.6. The third-order valence-electron chi connectivity index (χ3n) is 1.29. The summed E-state index contributed by atoms with van der Waals surface area (Å²) < 4.78 is 0. The first kappa shape index (κ1) is 26.9. The molecule has 0 amide bonds. The maximum absolute atomic E-state index is 9.73. The second-order valence-electron chi connectivity index (χ2n) is 2.88. The van der Waals surface area contributed by atoms with E-state index < -0.39 is 47.9 Å². The van der Waals surface area contributed by atoms with Crippen LogP contribution in [-0.4, -0.2) is 23.9 Å². The van der Waals surface area contributed by atoms with Crippen LogP contribution in [0.2, 0.25) is 0 Å². The average Bonchev–Trinajstić information content (AvgIpc) is 2.16. The van der Waals surface area contributed by atoms with Gasteiger partial charge in [-0.3, -0.25) is 0 Å². The number of hydrogen-bond acceptors (Lipinski definition) is 8. The van der Waals surface area contributed by atoms with Crippen LogP contribution in [0.15, 0.2) is 24.3 Å². The van der Waals surface area contributed by atoms with E-state index in [9.17, 15) is 39.6 Å². The van der Waals surface area contributed by atoms with E-state index in [-0.39, 0.29) is 34.1 Å². The summed E-state index contributed by atoms with van der Waals surface area (Å²) in [5, 5.41) is 38.8. The summed E-state index contributed by atoms with van der Waals surface area (Å²) in [4.78, 5) is 38.8. The second-order valence-corrected chi connectivity index (χ2v) is 2.88. The molecule has 0 spiro atoms. The number of carboxylic acid groups (broad SMARTS) is 4. The van der Waals surface area contributed by atoms with Gasteiger partial charge in [-0.05, 0) is 11.1 Å². The Morgan fingerprint density at radius 1 is 0.650 bits per heavy atom. The summed E-state index contributed by atoms with van der Waals surface area (Å²) in [6.07, 6.45) is -1.36. The van der Waals surface area contributed by atoms with Crippen molar-refractivity contribution in [1.29, 1.82) is 0 Å². The van der Waals surface area contributed by atoms with Crippen molar-refractivity contribution in [2.24, 2.45) is 0 Å². The number of rotatable bonds is 6. The molecule has 0 aliphatic rings. The van der Waals surface area contributed by atoms with Crippen molar-refractivity contribution in [3.8, 4) is 0 Å². The van der Waals surface area contributed by atoms with Crippen molar-refractivity contribution in [1.82, 2.24) is 0 Å². The molecule has 0 unspecified atom stereocenters. The van der Waals surface area contributed by atoms with Gasteiger partial charge in [0.2, 0.25) is 0 Å². The summed E-state index contributed by atoms with van der Waals surface area (Å²) in [7, 11) is 0. The van der Waals surface area contributed by atoms with E-state index in [0.717, 1.165) is 0 Å². The van der Waals surface area contributed by atoms with Gasteiger partial charge in [0.1, 0.15) is 0 Å². The van der Waals surface area contributed by atoms with Gasteiger partial charge in [-0.2, -0.15) is 0 Å². The standard InChI is InChI=1S/2C5H6O4.2Cu/c2*1-3(5(8)9)2-4(6)7;;/h2*1-2H2,(H,6,7)(H,8,9);;/q;;2*+2/p-4. The Labute approximate surface area is 135 Å². The van der Waals surface area contributed by atoms with E-state index in [1.807, 2.05) is 0 Å². The molecule has 0 aromatic heterocycles. The largest absolute Gasteiger partial charge is 2.00 e. The van der Waals surface area contributed by atoms with Gasteiger partial charge in [0.25, 0.3) is 0 Å². The third-order valence-corrected chi connectivity index (χ3v) is 1.29. The van der Waals surface area contributed by atoms with Crippen molar-refractivity contribution in [3.05, 3.63) is 24.3 Å². The minimum absolute atomic E-state index is 0. The molecule has 0 aliphatic heterocycles. The molecule has 0 N–H and O–H groups in total. The van der Waals surface area contributed by atoms with Gasteiger partial charge in [-0.15, -0.1) is 0 Å². The predicted octanol–water partition coefficient (Wildman–Crippen LogP) is -5.14. The van der Waals surface area contributed by atoms with Crippen LogP contribution in [-0.2, 0) is 53.3 Å². The number of carbonyl (C=O) groups is 4. The Morgan fingerprint density at radius 3 is 0.900 bits per heavy atom. The first-order chi connectivity index (χ1) is 8.07. The first-order valence-corrected chi connectivity index (χ1v) is 4.25. The molecular formula is C10H8Cu2O8. The van der Waals surface area contributed by atoms with Gasteiger partial charge in [0, 0.05) is 24.8 Å². The molecule has 118 valence electrons. The number of carboxylic acids is 4. The molecule has 0 heterocycles. The van der Waals surface area contributed by atoms with Crippen molar-refractivity contribution >= 4 is 23.9 Å².